The number of rotatable bonds is 4. The predicted molar refractivity (Wildman–Crippen MR) is 90.9 cm³/mol. The summed E-state index contributed by atoms with van der Waals surface area (Å²) in [6, 6.07) is 6.98. The van der Waals surface area contributed by atoms with Crippen LogP contribution in [0.4, 0.5) is 11.5 Å². The Morgan fingerprint density at radius 1 is 1.33 bits per heavy atom. The van der Waals surface area contributed by atoms with E-state index in [1.54, 1.807) is 24.4 Å². The van der Waals surface area contributed by atoms with E-state index in [0.717, 1.165) is 41.9 Å². The summed E-state index contributed by atoms with van der Waals surface area (Å²) in [4.78, 5) is 16.8. The molecule has 2 atom stereocenters. The second kappa shape index (κ2) is 5.82. The molecule has 1 saturated carbocycles. The van der Waals surface area contributed by atoms with Crippen molar-refractivity contribution >= 4 is 17.5 Å². The standard InChI is InChI=1S/C19H20N2O3/c1-2-24-19(23)15-10-20-18(21-13-4-3-5-14(22)9-13)17-12-7-6-11(8-12)16(15)17/h3-5,9-12,22H,2,6-8H2,1H3,(H,20,21). The van der Waals surface area contributed by atoms with Crippen LogP contribution in [0.25, 0.3) is 0 Å². The fourth-order valence-electron chi connectivity index (χ4n) is 4.09. The van der Waals surface area contributed by atoms with Crippen molar-refractivity contribution in [3.63, 3.8) is 0 Å². The van der Waals surface area contributed by atoms with Gasteiger partial charge in [0.05, 0.1) is 12.2 Å². The molecule has 5 heteroatoms. The van der Waals surface area contributed by atoms with E-state index in [0.29, 0.717) is 24.0 Å². The third-order valence-electron chi connectivity index (χ3n) is 5.01. The fourth-order valence-corrected chi connectivity index (χ4v) is 4.09. The second-order valence-electron chi connectivity index (χ2n) is 6.45. The number of nitrogens with one attached hydrogen (secondary N) is 1. The first kappa shape index (κ1) is 15.0. The third-order valence-corrected chi connectivity index (χ3v) is 5.01. The lowest BCUT2D eigenvalue weighted by molar-refractivity contribution is 0.0524. The van der Waals surface area contributed by atoms with Crippen molar-refractivity contribution in [2.24, 2.45) is 0 Å². The number of carbonyl (C=O) groups excluding carboxylic acids is 1. The molecule has 1 aromatic heterocycles. The molecule has 0 amide bonds. The Hall–Kier alpha value is -2.56. The number of aromatic nitrogens is 1. The summed E-state index contributed by atoms with van der Waals surface area (Å²) in [5, 5.41) is 12.9. The Bertz CT molecular complexity index is 803. The Labute approximate surface area is 140 Å². The molecule has 124 valence electrons. The van der Waals surface area contributed by atoms with E-state index in [4.69, 9.17) is 4.74 Å². The molecule has 0 spiro atoms. The van der Waals surface area contributed by atoms with Crippen LogP contribution in [0.3, 0.4) is 0 Å². The van der Waals surface area contributed by atoms with Crippen molar-refractivity contribution < 1.29 is 14.6 Å². The first-order chi connectivity index (χ1) is 11.7. The van der Waals surface area contributed by atoms with Crippen LogP contribution in [0, 0.1) is 0 Å². The monoisotopic (exact) mass is 324 g/mol. The number of hydrogen-bond donors (Lipinski definition) is 2. The Morgan fingerprint density at radius 2 is 2.12 bits per heavy atom. The largest absolute Gasteiger partial charge is 0.508 e. The molecule has 0 radical (unpaired) electrons. The second-order valence-corrected chi connectivity index (χ2v) is 6.45. The van der Waals surface area contributed by atoms with E-state index >= 15 is 0 Å². The number of benzene rings is 1. The maximum atomic E-state index is 12.3. The van der Waals surface area contributed by atoms with Crippen LogP contribution in [0.2, 0.25) is 0 Å². The minimum absolute atomic E-state index is 0.210. The minimum Gasteiger partial charge on any atom is -0.508 e. The summed E-state index contributed by atoms with van der Waals surface area (Å²) in [6.07, 6.45) is 4.98. The number of carbonyl (C=O) groups is 1. The van der Waals surface area contributed by atoms with Gasteiger partial charge in [0.2, 0.25) is 0 Å². The van der Waals surface area contributed by atoms with Crippen LogP contribution >= 0.6 is 0 Å². The highest BCUT2D eigenvalue weighted by atomic mass is 16.5. The zero-order valence-corrected chi connectivity index (χ0v) is 13.6. The number of fused-ring (bicyclic) bond motifs is 5. The molecule has 0 aliphatic heterocycles. The summed E-state index contributed by atoms with van der Waals surface area (Å²) in [6.45, 7) is 2.18. The lowest BCUT2D eigenvalue weighted by atomic mass is 9.89. The minimum atomic E-state index is -0.280. The first-order valence-corrected chi connectivity index (χ1v) is 8.43. The normalized spacial score (nSPS) is 20.7. The molecule has 2 bridgehead atoms. The van der Waals surface area contributed by atoms with Crippen molar-refractivity contribution in [3.05, 3.63) is 47.2 Å². The molecule has 1 aromatic carbocycles. The van der Waals surface area contributed by atoms with Gasteiger partial charge >= 0.3 is 5.97 Å². The van der Waals surface area contributed by atoms with Gasteiger partial charge in [0, 0.05) is 23.5 Å². The Kier molecular flexibility index (Phi) is 3.63. The number of phenols is 1. The van der Waals surface area contributed by atoms with Crippen LogP contribution in [0.5, 0.6) is 5.75 Å². The zero-order chi connectivity index (χ0) is 16.7. The smallest absolute Gasteiger partial charge is 0.339 e. The first-order valence-electron chi connectivity index (χ1n) is 8.43. The van der Waals surface area contributed by atoms with E-state index < -0.39 is 0 Å². The SMILES string of the molecule is CCOC(=O)c1cnc(Nc2cccc(O)c2)c2c1C1CCC2C1. The molecule has 4 rings (SSSR count). The van der Waals surface area contributed by atoms with Gasteiger partial charge in [-0.2, -0.15) is 0 Å². The van der Waals surface area contributed by atoms with Gasteiger partial charge in [-0.05, 0) is 55.7 Å². The average Bonchev–Trinajstić information content (AvgIpc) is 3.17. The quantitative estimate of drug-likeness (QED) is 0.829. The summed E-state index contributed by atoms with van der Waals surface area (Å²) in [7, 11) is 0. The van der Waals surface area contributed by atoms with Crippen LogP contribution < -0.4 is 5.32 Å². The lowest BCUT2D eigenvalue weighted by Gasteiger charge is -2.21. The van der Waals surface area contributed by atoms with E-state index in [1.807, 2.05) is 13.0 Å². The molecule has 2 aliphatic carbocycles. The molecule has 0 saturated heterocycles. The number of pyridine rings is 1. The van der Waals surface area contributed by atoms with Crippen LogP contribution in [-0.2, 0) is 4.74 Å². The van der Waals surface area contributed by atoms with Crippen molar-refractivity contribution in [2.45, 2.75) is 38.0 Å². The summed E-state index contributed by atoms with van der Waals surface area (Å²) >= 11 is 0. The van der Waals surface area contributed by atoms with Gasteiger partial charge in [0.25, 0.3) is 0 Å². The highest BCUT2D eigenvalue weighted by molar-refractivity contribution is 5.92. The third kappa shape index (κ3) is 2.40. The van der Waals surface area contributed by atoms with Crippen LogP contribution in [0.1, 0.15) is 59.5 Å². The number of ether oxygens (including phenoxy) is 1. The summed E-state index contributed by atoms with van der Waals surface area (Å²) < 4.78 is 5.20. The molecule has 5 nitrogen and oxygen atoms in total. The molecule has 1 fully saturated rings. The van der Waals surface area contributed by atoms with Gasteiger partial charge in [0.1, 0.15) is 11.6 Å². The molecule has 2 unspecified atom stereocenters. The van der Waals surface area contributed by atoms with E-state index in [1.165, 1.54) is 0 Å². The summed E-state index contributed by atoms with van der Waals surface area (Å²) in [5.74, 6) is 1.60. The molecule has 1 heterocycles. The average molecular weight is 324 g/mol. The summed E-state index contributed by atoms with van der Waals surface area (Å²) in [5.41, 5.74) is 3.67. The van der Waals surface area contributed by atoms with Crippen molar-refractivity contribution in [3.8, 4) is 5.75 Å². The van der Waals surface area contributed by atoms with Crippen molar-refractivity contribution in [2.75, 3.05) is 11.9 Å². The zero-order valence-electron chi connectivity index (χ0n) is 13.6. The Morgan fingerprint density at radius 3 is 2.88 bits per heavy atom. The lowest BCUT2D eigenvalue weighted by Crippen LogP contribution is -2.14. The molecule has 2 N–H and O–H groups in total. The maximum Gasteiger partial charge on any atom is 0.339 e. The van der Waals surface area contributed by atoms with Crippen LogP contribution in [-0.4, -0.2) is 22.7 Å². The molecular formula is C19H20N2O3. The number of hydrogen-bond acceptors (Lipinski definition) is 5. The van der Waals surface area contributed by atoms with Gasteiger partial charge in [-0.3, -0.25) is 0 Å². The van der Waals surface area contributed by atoms with Crippen LogP contribution in [0.15, 0.2) is 30.5 Å². The van der Waals surface area contributed by atoms with E-state index in [-0.39, 0.29) is 11.7 Å². The maximum absolute atomic E-state index is 12.3. The number of esters is 1. The number of nitrogens with zero attached hydrogens (tertiary/aromatic N) is 1. The fraction of sp³-hybridized carbons (Fsp3) is 0.368. The highest BCUT2D eigenvalue weighted by Gasteiger charge is 2.42. The highest BCUT2D eigenvalue weighted by Crippen LogP contribution is 2.56. The number of aromatic hydroxyl groups is 1. The van der Waals surface area contributed by atoms with Gasteiger partial charge < -0.3 is 15.2 Å². The number of phenolic OH excluding ortho intramolecular Hbond substituents is 1. The van der Waals surface area contributed by atoms with Gasteiger partial charge in [0.15, 0.2) is 0 Å². The van der Waals surface area contributed by atoms with Crippen molar-refractivity contribution in [1.29, 1.82) is 0 Å². The molecule has 24 heavy (non-hydrogen) atoms. The van der Waals surface area contributed by atoms with Gasteiger partial charge in [-0.25, -0.2) is 9.78 Å². The number of anilines is 2. The molecule has 2 aliphatic rings. The predicted octanol–water partition coefficient (Wildman–Crippen LogP) is 4.07. The van der Waals surface area contributed by atoms with Gasteiger partial charge in [-0.1, -0.05) is 6.07 Å². The Balaban J connectivity index is 1.76. The van der Waals surface area contributed by atoms with Gasteiger partial charge in [-0.15, -0.1) is 0 Å². The molecular weight excluding hydrogens is 304 g/mol. The van der Waals surface area contributed by atoms with E-state index in [9.17, 15) is 9.90 Å². The topological polar surface area (TPSA) is 71.5 Å². The molecule has 2 aromatic rings. The van der Waals surface area contributed by atoms with Crippen molar-refractivity contribution in [1.82, 2.24) is 4.98 Å². The van der Waals surface area contributed by atoms with E-state index in [2.05, 4.69) is 10.3 Å².